The number of hydrogen-bond donors (Lipinski definition) is 1. The highest BCUT2D eigenvalue weighted by Gasteiger charge is 2.23. The van der Waals surface area contributed by atoms with Gasteiger partial charge in [0, 0.05) is 23.0 Å². The number of rotatable bonds is 5. The second-order valence-electron chi connectivity index (χ2n) is 7.26. The first-order valence-electron chi connectivity index (χ1n) is 9.13. The molecular formula is C22H21FN2O2. The van der Waals surface area contributed by atoms with Gasteiger partial charge in [-0.2, -0.15) is 0 Å². The van der Waals surface area contributed by atoms with Gasteiger partial charge in [-0.25, -0.2) is 4.39 Å². The normalized spacial score (nSPS) is 12.9. The molecule has 138 valence electrons. The molecule has 0 fully saturated rings. The minimum absolute atomic E-state index is 0.0540. The van der Waals surface area contributed by atoms with E-state index in [0.717, 1.165) is 33.4 Å². The van der Waals surface area contributed by atoms with Crippen molar-refractivity contribution in [1.29, 1.82) is 0 Å². The van der Waals surface area contributed by atoms with Crippen LogP contribution >= 0.6 is 0 Å². The molecule has 1 N–H and O–H groups in total. The number of aliphatic carboxylic acids is 1. The highest BCUT2D eigenvalue weighted by atomic mass is 19.1. The van der Waals surface area contributed by atoms with Gasteiger partial charge in [-0.1, -0.05) is 13.8 Å². The smallest absolute Gasteiger partial charge is 0.303 e. The highest BCUT2D eigenvalue weighted by Crippen LogP contribution is 2.37. The Morgan fingerprint density at radius 2 is 2.00 bits per heavy atom. The molecule has 2 heterocycles. The summed E-state index contributed by atoms with van der Waals surface area (Å²) in [5, 5.41) is 10.4. The lowest BCUT2D eigenvalue weighted by molar-refractivity contribution is -0.136. The quantitative estimate of drug-likeness (QED) is 0.704. The number of fused-ring (bicyclic) bond motifs is 2. The van der Waals surface area contributed by atoms with Crippen LogP contribution in [0.5, 0.6) is 0 Å². The van der Waals surface area contributed by atoms with Gasteiger partial charge in [-0.05, 0) is 65.4 Å². The summed E-state index contributed by atoms with van der Waals surface area (Å²) in [4.78, 5) is 15.6. The van der Waals surface area contributed by atoms with Crippen molar-refractivity contribution in [3.05, 3.63) is 64.6 Å². The lowest BCUT2D eigenvalue weighted by Crippen LogP contribution is -2.07. The zero-order chi connectivity index (χ0) is 19.1. The fourth-order valence-corrected chi connectivity index (χ4v) is 3.97. The topological polar surface area (TPSA) is 54.6 Å². The number of aromatic nitrogens is 1. The zero-order valence-corrected chi connectivity index (χ0v) is 15.4. The van der Waals surface area contributed by atoms with E-state index in [1.165, 1.54) is 17.7 Å². The minimum Gasteiger partial charge on any atom is -0.481 e. The van der Waals surface area contributed by atoms with Crippen LogP contribution in [0.3, 0.4) is 0 Å². The summed E-state index contributed by atoms with van der Waals surface area (Å²) in [7, 11) is 0. The molecule has 0 saturated carbocycles. The maximum atomic E-state index is 13.5. The monoisotopic (exact) mass is 364 g/mol. The Bertz CT molecular complexity index is 1060. The van der Waals surface area contributed by atoms with Crippen molar-refractivity contribution in [3.63, 3.8) is 0 Å². The van der Waals surface area contributed by atoms with E-state index in [2.05, 4.69) is 35.5 Å². The van der Waals surface area contributed by atoms with Crippen molar-refractivity contribution in [1.82, 2.24) is 4.57 Å². The zero-order valence-electron chi connectivity index (χ0n) is 15.4. The van der Waals surface area contributed by atoms with E-state index in [1.807, 2.05) is 6.21 Å². The molecule has 0 spiro atoms. The summed E-state index contributed by atoms with van der Waals surface area (Å²) < 4.78 is 15.6. The van der Waals surface area contributed by atoms with Gasteiger partial charge < -0.3 is 9.67 Å². The van der Waals surface area contributed by atoms with Crippen LogP contribution in [-0.4, -0.2) is 21.9 Å². The maximum absolute atomic E-state index is 13.5. The average molecular weight is 364 g/mol. The van der Waals surface area contributed by atoms with Gasteiger partial charge in [0.15, 0.2) is 0 Å². The predicted octanol–water partition coefficient (Wildman–Crippen LogP) is 4.84. The SMILES string of the molecule is CC(C)c1c(CCC(=O)O)n(-c2ccc(F)cc2)c2cc3c(cc12)CN=C3. The maximum Gasteiger partial charge on any atom is 0.303 e. The van der Waals surface area contributed by atoms with Crippen molar-refractivity contribution < 1.29 is 14.3 Å². The van der Waals surface area contributed by atoms with Crippen molar-refractivity contribution in [2.24, 2.45) is 4.99 Å². The molecule has 1 aliphatic heterocycles. The van der Waals surface area contributed by atoms with E-state index in [1.54, 1.807) is 12.1 Å². The molecule has 4 rings (SSSR count). The van der Waals surface area contributed by atoms with Crippen molar-refractivity contribution >= 4 is 23.1 Å². The Morgan fingerprint density at radius 1 is 1.26 bits per heavy atom. The molecule has 2 aromatic carbocycles. The molecule has 1 aromatic heterocycles. The van der Waals surface area contributed by atoms with Crippen LogP contribution in [0.2, 0.25) is 0 Å². The number of aliphatic imine (C=N–C) groups is 1. The van der Waals surface area contributed by atoms with Crippen LogP contribution in [0, 0.1) is 5.82 Å². The molecule has 0 saturated heterocycles. The van der Waals surface area contributed by atoms with Gasteiger partial charge in [-0.3, -0.25) is 9.79 Å². The van der Waals surface area contributed by atoms with E-state index in [-0.39, 0.29) is 18.2 Å². The number of carbonyl (C=O) groups is 1. The standard InChI is InChI=1S/C22H21FN2O2/c1-13(2)22-18-9-14-11-24-12-15(14)10-20(18)25(19(22)7-8-21(26)27)17-5-3-16(23)4-6-17/h3-6,9-10,12-13H,7-8,11H2,1-2H3,(H,26,27). The Hall–Kier alpha value is -2.95. The summed E-state index contributed by atoms with van der Waals surface area (Å²) in [6.07, 6.45) is 2.36. The summed E-state index contributed by atoms with van der Waals surface area (Å²) >= 11 is 0. The second-order valence-corrected chi connectivity index (χ2v) is 7.26. The number of hydrogen-bond acceptors (Lipinski definition) is 2. The molecule has 4 nitrogen and oxygen atoms in total. The molecule has 0 unspecified atom stereocenters. The third-order valence-corrected chi connectivity index (χ3v) is 5.10. The number of carboxylic acids is 1. The second kappa shape index (κ2) is 6.65. The van der Waals surface area contributed by atoms with Crippen LogP contribution in [0.1, 0.15) is 48.6 Å². The first-order chi connectivity index (χ1) is 13.0. The summed E-state index contributed by atoms with van der Waals surface area (Å²) in [6.45, 7) is 4.92. The van der Waals surface area contributed by atoms with Gasteiger partial charge in [0.05, 0.1) is 18.5 Å². The Kier molecular flexibility index (Phi) is 4.30. The molecular weight excluding hydrogens is 343 g/mol. The van der Waals surface area contributed by atoms with Crippen LogP contribution in [0.25, 0.3) is 16.6 Å². The molecule has 0 radical (unpaired) electrons. The molecule has 0 bridgehead atoms. The third kappa shape index (κ3) is 3.03. The third-order valence-electron chi connectivity index (χ3n) is 5.10. The van der Waals surface area contributed by atoms with E-state index in [9.17, 15) is 14.3 Å². The lowest BCUT2D eigenvalue weighted by Gasteiger charge is -2.13. The van der Waals surface area contributed by atoms with Gasteiger partial charge in [0.25, 0.3) is 0 Å². The Balaban J connectivity index is 2.04. The summed E-state index contributed by atoms with van der Waals surface area (Å²) in [5.74, 6) is -0.881. The summed E-state index contributed by atoms with van der Waals surface area (Å²) in [6, 6.07) is 10.6. The number of halogens is 1. The molecule has 0 amide bonds. The number of benzene rings is 2. The molecule has 5 heteroatoms. The van der Waals surface area contributed by atoms with Gasteiger partial charge in [-0.15, -0.1) is 0 Å². The molecule has 3 aromatic rings. The molecule has 0 atom stereocenters. The Labute approximate surface area is 157 Å². The van der Waals surface area contributed by atoms with Crippen LogP contribution in [-0.2, 0) is 17.8 Å². The first kappa shape index (κ1) is 17.5. The number of nitrogens with zero attached hydrogens (tertiary/aromatic N) is 2. The molecule has 0 aliphatic carbocycles. The van der Waals surface area contributed by atoms with E-state index in [0.29, 0.717) is 13.0 Å². The largest absolute Gasteiger partial charge is 0.481 e. The van der Waals surface area contributed by atoms with E-state index in [4.69, 9.17) is 0 Å². The fourth-order valence-electron chi connectivity index (χ4n) is 3.97. The van der Waals surface area contributed by atoms with Gasteiger partial charge >= 0.3 is 5.97 Å². The van der Waals surface area contributed by atoms with Crippen molar-refractivity contribution in [2.75, 3.05) is 0 Å². The minimum atomic E-state index is -0.824. The lowest BCUT2D eigenvalue weighted by atomic mass is 9.95. The summed E-state index contributed by atoms with van der Waals surface area (Å²) in [5.41, 5.74) is 6.26. The van der Waals surface area contributed by atoms with Crippen LogP contribution in [0.4, 0.5) is 4.39 Å². The van der Waals surface area contributed by atoms with Crippen molar-refractivity contribution in [3.8, 4) is 5.69 Å². The molecule has 1 aliphatic rings. The number of carboxylic acid groups (broad SMARTS) is 1. The van der Waals surface area contributed by atoms with Crippen LogP contribution in [0.15, 0.2) is 41.4 Å². The van der Waals surface area contributed by atoms with Crippen molar-refractivity contribution in [2.45, 2.75) is 39.2 Å². The van der Waals surface area contributed by atoms with Gasteiger partial charge in [0.1, 0.15) is 5.82 Å². The fraction of sp³-hybridized carbons (Fsp3) is 0.273. The first-order valence-corrected chi connectivity index (χ1v) is 9.13. The predicted molar refractivity (Wildman–Crippen MR) is 105 cm³/mol. The van der Waals surface area contributed by atoms with E-state index >= 15 is 0 Å². The molecule has 27 heavy (non-hydrogen) atoms. The van der Waals surface area contributed by atoms with Crippen LogP contribution < -0.4 is 0 Å². The average Bonchev–Trinajstić information content (AvgIpc) is 3.20. The highest BCUT2D eigenvalue weighted by molar-refractivity contribution is 5.96. The Morgan fingerprint density at radius 3 is 2.67 bits per heavy atom. The van der Waals surface area contributed by atoms with Gasteiger partial charge in [0.2, 0.25) is 0 Å². The van der Waals surface area contributed by atoms with E-state index < -0.39 is 5.97 Å².